The predicted octanol–water partition coefficient (Wildman–Crippen LogP) is 20.6. The van der Waals surface area contributed by atoms with Gasteiger partial charge in [0.25, 0.3) is 6.71 Å². The van der Waals surface area contributed by atoms with E-state index < -0.39 is 78.1 Å². The lowest BCUT2D eigenvalue weighted by molar-refractivity contribution is 0.590. The van der Waals surface area contributed by atoms with Gasteiger partial charge in [-0.15, -0.1) is 0 Å². The van der Waals surface area contributed by atoms with Gasteiger partial charge in [-0.05, 0) is 192 Å². The molecule has 0 spiro atoms. The molecule has 7 heteroatoms. The van der Waals surface area contributed by atoms with E-state index in [1.807, 2.05) is 66.7 Å². The van der Waals surface area contributed by atoms with E-state index in [0.717, 1.165) is 83.1 Å². The van der Waals surface area contributed by atoms with Crippen LogP contribution in [0.4, 0.5) is 34.1 Å². The van der Waals surface area contributed by atoms with E-state index in [2.05, 4.69) is 192 Å². The van der Waals surface area contributed by atoms with E-state index in [9.17, 15) is 20.1 Å². The topological polar surface area (TPSA) is 63.9 Å². The molecule has 0 saturated carbocycles. The van der Waals surface area contributed by atoms with E-state index in [4.69, 9.17) is 6.85 Å². The van der Waals surface area contributed by atoms with Gasteiger partial charge < -0.3 is 18.9 Å². The minimum Gasteiger partial charge on any atom is -0.311 e. The highest BCUT2D eigenvalue weighted by Crippen LogP contribution is 2.50. The third-order valence-corrected chi connectivity index (χ3v) is 18.7. The minimum atomic E-state index is -0.620. The molecule has 2 aliphatic rings. The molecule has 93 heavy (non-hydrogen) atoms. The molecule has 0 saturated heterocycles. The summed E-state index contributed by atoms with van der Waals surface area (Å²) in [4.78, 5) is 4.33. The zero-order valence-electron chi connectivity index (χ0n) is 65.1. The lowest BCUT2D eigenvalue weighted by atomic mass is 9.33. The number of benzene rings is 12. The summed E-state index contributed by atoms with van der Waals surface area (Å²) in [5, 5.41) is 24.7. The lowest BCUT2D eigenvalue weighted by Crippen LogP contribution is -2.61. The molecule has 0 aliphatic carbocycles. The fourth-order valence-corrected chi connectivity index (χ4v) is 14.0. The number of rotatable bonds is 7. The maximum absolute atomic E-state index is 12.4. The standard InChI is InChI=1S/C86H69BN6/c1-84(2,3)61-34-40-76-68(47-61)69-48-62(85(4,5)6)35-41-77(69)90(76)64-36-38-72-80(51-64)93(75-31-21-30-74(70(75)53-89)92-73-29-20-19-28-66(73)67-42-54(52-88)32-39-78(67)92)82-50-63(86(7,8)9)49-81-83(82)87(72)71-37-33-58(55-22-13-10-14-23-55)46-79(71)91(81)65-44-59(56-24-15-11-16-25-56)43-60(45-65)57-26-17-12-18-27-57/h10-51H,1-9H3/i10D,13D,14D,19D,20D,22D,23D,28D,29D,32D,39D,42D. The van der Waals surface area contributed by atoms with E-state index in [-0.39, 0.29) is 61.5 Å². The first kappa shape index (κ1) is 45.2. The third-order valence-electron chi connectivity index (χ3n) is 18.7. The SMILES string of the molecule is [2H]c1c([2H])c([2H])c(-c2ccc3c(c2)N(c2cc(-c4ccccc4)cc(-c4ccccc4)c2)c2cc(C(C)(C)C)cc4c2B3c2ccc(-n3c5ccc(C(C)(C)C)cc5c5cc(C(C)(C)C)ccc53)cc2N4c2cccc(-n3c4c([2H])c([2H])c([2H])c([2H])c4c4c([2H])c(C#N)c([2H])c([2H])c43)c2C#N)c([2H])c1[2H]. The third kappa shape index (κ3) is 9.28. The zero-order valence-corrected chi connectivity index (χ0v) is 53.1. The Morgan fingerprint density at radius 1 is 0.355 bits per heavy atom. The maximum atomic E-state index is 12.4. The Kier molecular flexibility index (Phi) is 10.3. The highest BCUT2D eigenvalue weighted by atomic mass is 15.2. The second-order valence-electron chi connectivity index (χ2n) is 27.5. The first-order valence-corrected chi connectivity index (χ1v) is 31.4. The van der Waals surface area contributed by atoms with E-state index >= 15 is 0 Å². The second kappa shape index (κ2) is 21.2. The number of fused-ring (bicyclic) bond motifs is 10. The Morgan fingerprint density at radius 3 is 1.54 bits per heavy atom. The first-order valence-electron chi connectivity index (χ1n) is 37.4. The number of hydrogen-bond acceptors (Lipinski definition) is 4. The molecule has 0 radical (unpaired) electrons. The number of para-hydroxylation sites is 1. The Bertz CT molecular complexity index is 6090. The molecule has 2 aliphatic heterocycles. The highest BCUT2D eigenvalue weighted by Gasteiger charge is 2.45. The van der Waals surface area contributed by atoms with Gasteiger partial charge in [0.15, 0.2) is 0 Å². The van der Waals surface area contributed by atoms with Crippen LogP contribution in [-0.2, 0) is 16.2 Å². The minimum absolute atomic E-state index is 0.0101. The molecular weight excluding hydrogens is 1130 g/mol. The smallest absolute Gasteiger partial charge is 0.252 e. The molecule has 0 bridgehead atoms. The van der Waals surface area contributed by atoms with Crippen LogP contribution in [0.25, 0.3) is 88.4 Å². The molecule has 12 aromatic carbocycles. The largest absolute Gasteiger partial charge is 0.311 e. The Morgan fingerprint density at radius 2 is 0.925 bits per heavy atom. The molecule has 4 heterocycles. The first-order chi connectivity index (χ1) is 49.9. The molecule has 0 unspecified atom stereocenters. The van der Waals surface area contributed by atoms with Gasteiger partial charge in [0.05, 0.1) is 61.5 Å². The van der Waals surface area contributed by atoms with E-state index in [1.165, 1.54) is 15.7 Å². The van der Waals surface area contributed by atoms with Gasteiger partial charge in [-0.2, -0.15) is 10.5 Å². The molecule has 6 nitrogen and oxygen atoms in total. The highest BCUT2D eigenvalue weighted by molar-refractivity contribution is 7.00. The van der Waals surface area contributed by atoms with Crippen molar-refractivity contribution in [1.29, 1.82) is 10.5 Å². The molecule has 0 atom stereocenters. The van der Waals surface area contributed by atoms with Gasteiger partial charge in [-0.1, -0.05) is 208 Å². The quantitative estimate of drug-likeness (QED) is 0.149. The molecular formula is C86H69BN6. The van der Waals surface area contributed by atoms with Crippen LogP contribution in [0.1, 0.15) is 107 Å². The molecule has 0 fully saturated rings. The van der Waals surface area contributed by atoms with Crippen LogP contribution in [0.2, 0.25) is 0 Å². The summed E-state index contributed by atoms with van der Waals surface area (Å²) >= 11 is 0. The van der Waals surface area contributed by atoms with Crippen molar-refractivity contribution in [2.45, 2.75) is 78.6 Å². The van der Waals surface area contributed by atoms with Crippen molar-refractivity contribution in [3.63, 3.8) is 0 Å². The van der Waals surface area contributed by atoms with Crippen LogP contribution in [-0.4, -0.2) is 15.8 Å². The van der Waals surface area contributed by atoms with E-state index in [1.54, 1.807) is 12.1 Å². The van der Waals surface area contributed by atoms with Crippen molar-refractivity contribution in [3.05, 3.63) is 282 Å². The monoisotopic (exact) mass is 1210 g/mol. The number of nitrogens with zero attached hydrogens (tertiary/aromatic N) is 6. The fraction of sp³-hybridized carbons (Fsp3) is 0.140. The molecule has 0 amide bonds. The van der Waals surface area contributed by atoms with Gasteiger partial charge in [0, 0.05) is 55.7 Å². The van der Waals surface area contributed by atoms with Gasteiger partial charge in [0.2, 0.25) is 0 Å². The maximum Gasteiger partial charge on any atom is 0.252 e. The molecule has 2 aromatic heterocycles. The summed E-state index contributed by atoms with van der Waals surface area (Å²) < 4.78 is 115. The lowest BCUT2D eigenvalue weighted by Gasteiger charge is -2.45. The predicted molar refractivity (Wildman–Crippen MR) is 391 cm³/mol. The Labute approximate surface area is 562 Å². The summed E-state index contributed by atoms with van der Waals surface area (Å²) in [6, 6.07) is 60.6. The number of aromatic nitrogens is 2. The summed E-state index contributed by atoms with van der Waals surface area (Å²) in [7, 11) is 0. The molecule has 14 aromatic rings. The van der Waals surface area contributed by atoms with Gasteiger partial charge in [-0.3, -0.25) is 0 Å². The summed E-state index contributed by atoms with van der Waals surface area (Å²) in [6.07, 6.45) is 0. The van der Waals surface area contributed by atoms with Crippen molar-refractivity contribution >= 4 is 101 Å². The van der Waals surface area contributed by atoms with Crippen molar-refractivity contribution in [1.82, 2.24) is 9.13 Å². The summed E-state index contributed by atoms with van der Waals surface area (Å²) in [5.41, 5.74) is 14.8. The Balaban J connectivity index is 1.07. The van der Waals surface area contributed by atoms with Crippen LogP contribution in [0.15, 0.2) is 255 Å². The fourth-order valence-electron chi connectivity index (χ4n) is 14.0. The van der Waals surface area contributed by atoms with Crippen LogP contribution >= 0.6 is 0 Å². The van der Waals surface area contributed by atoms with Gasteiger partial charge in [0.1, 0.15) is 11.6 Å². The average Bonchev–Trinajstić information content (AvgIpc) is 1.63. The summed E-state index contributed by atoms with van der Waals surface area (Å²) in [6.45, 7) is 19.1. The summed E-state index contributed by atoms with van der Waals surface area (Å²) in [5.74, 6) is 0. The number of hydrogen-bond donors (Lipinski definition) is 0. The molecule has 16 rings (SSSR count). The normalized spacial score (nSPS) is 14.7. The number of nitriles is 2. The van der Waals surface area contributed by atoms with Crippen LogP contribution < -0.4 is 26.2 Å². The zero-order chi connectivity index (χ0) is 74.3. The van der Waals surface area contributed by atoms with Crippen molar-refractivity contribution in [2.24, 2.45) is 0 Å². The average molecular weight is 1210 g/mol. The van der Waals surface area contributed by atoms with Crippen molar-refractivity contribution in [3.8, 4) is 56.9 Å². The van der Waals surface area contributed by atoms with Gasteiger partial charge >= 0.3 is 0 Å². The molecule has 446 valence electrons. The van der Waals surface area contributed by atoms with Crippen molar-refractivity contribution in [2.75, 3.05) is 9.80 Å². The van der Waals surface area contributed by atoms with E-state index in [0.29, 0.717) is 28.3 Å². The van der Waals surface area contributed by atoms with Crippen LogP contribution in [0.5, 0.6) is 0 Å². The van der Waals surface area contributed by atoms with Gasteiger partial charge in [-0.25, -0.2) is 0 Å². The second-order valence-corrected chi connectivity index (χ2v) is 27.5. The van der Waals surface area contributed by atoms with Crippen LogP contribution in [0.3, 0.4) is 0 Å². The Hall–Kier alpha value is -11.1. The van der Waals surface area contributed by atoms with Crippen molar-refractivity contribution < 1.29 is 16.4 Å². The van der Waals surface area contributed by atoms with Crippen LogP contribution in [0, 0.1) is 22.7 Å². The number of anilines is 6. The molecule has 0 N–H and O–H groups in total.